The van der Waals surface area contributed by atoms with Crippen LogP contribution < -0.4 is 14.4 Å². The zero-order chi connectivity index (χ0) is 15.9. The molecule has 22 heavy (non-hydrogen) atoms. The van der Waals surface area contributed by atoms with E-state index in [1.54, 1.807) is 7.11 Å². The van der Waals surface area contributed by atoms with Gasteiger partial charge in [-0.1, -0.05) is 18.2 Å². The van der Waals surface area contributed by atoms with Gasteiger partial charge >= 0.3 is 0 Å². The van der Waals surface area contributed by atoms with Crippen LogP contribution in [0.25, 0.3) is 6.08 Å². The van der Waals surface area contributed by atoms with Gasteiger partial charge in [0.25, 0.3) is 0 Å². The fourth-order valence-electron chi connectivity index (χ4n) is 3.00. The topological polar surface area (TPSA) is 32.1 Å². The summed E-state index contributed by atoms with van der Waals surface area (Å²) in [6, 6.07) is 6.03. The van der Waals surface area contributed by atoms with Crippen molar-refractivity contribution in [2.45, 2.75) is 33.0 Å². The number of allylic oxidation sites excluding steroid dienone is 1. The second kappa shape index (κ2) is 8.20. The average Bonchev–Trinajstić information content (AvgIpc) is 2.48. The molecule has 1 aliphatic rings. The second-order valence-electron chi connectivity index (χ2n) is 5.92. The van der Waals surface area contributed by atoms with Crippen molar-refractivity contribution in [2.75, 3.05) is 33.4 Å². The normalized spacial score (nSPS) is 25.4. The highest BCUT2D eigenvalue weighted by atomic mass is 16.5. The van der Waals surface area contributed by atoms with Gasteiger partial charge in [-0.15, -0.1) is 0 Å². The fraction of sp³-hybridized carbons (Fsp3) is 0.556. The van der Waals surface area contributed by atoms with Crippen LogP contribution in [0.5, 0.6) is 11.5 Å². The molecule has 0 aromatic heterocycles. The van der Waals surface area contributed by atoms with E-state index < -0.39 is 0 Å². The summed E-state index contributed by atoms with van der Waals surface area (Å²) >= 11 is 0. The summed E-state index contributed by atoms with van der Waals surface area (Å²) in [6.45, 7) is 10.0. The largest absolute Gasteiger partial charge is 0.493 e. The Kier molecular flexibility index (Phi) is 6.28. The Bertz CT molecular complexity index is 491. The minimum absolute atomic E-state index is 0.327. The first-order valence-electron chi connectivity index (χ1n) is 8.05. The molecule has 1 fully saturated rings. The van der Waals surface area contributed by atoms with Crippen LogP contribution >= 0.6 is 0 Å². The number of methoxy groups -OCH3 is 1. The zero-order valence-corrected chi connectivity index (χ0v) is 14.1. The Morgan fingerprint density at radius 3 is 2.59 bits per heavy atom. The van der Waals surface area contributed by atoms with Gasteiger partial charge in [0.15, 0.2) is 11.5 Å². The Labute approximate surface area is 133 Å². The molecule has 4 nitrogen and oxygen atoms in total. The monoisotopic (exact) mass is 306 g/mol. The van der Waals surface area contributed by atoms with Gasteiger partial charge in [-0.25, -0.2) is 0 Å². The zero-order valence-electron chi connectivity index (χ0n) is 14.1. The van der Waals surface area contributed by atoms with Crippen molar-refractivity contribution in [1.82, 2.24) is 0 Å². The summed E-state index contributed by atoms with van der Waals surface area (Å²) in [7, 11) is 1.68. The number of morpholine rings is 1. The van der Waals surface area contributed by atoms with Gasteiger partial charge in [0.2, 0.25) is 0 Å². The lowest BCUT2D eigenvalue weighted by atomic mass is 10.2. The van der Waals surface area contributed by atoms with Crippen LogP contribution in [-0.4, -0.2) is 45.6 Å². The summed E-state index contributed by atoms with van der Waals surface area (Å²) in [4.78, 5) is 1.54. The summed E-state index contributed by atoms with van der Waals surface area (Å²) < 4.78 is 17.1. The highest BCUT2D eigenvalue weighted by Gasteiger charge is 2.25. The quantitative estimate of drug-likeness (QED) is 0.870. The van der Waals surface area contributed by atoms with Crippen molar-refractivity contribution < 1.29 is 19.1 Å². The lowest BCUT2D eigenvalue weighted by Gasteiger charge is -2.32. The first-order valence-corrected chi connectivity index (χ1v) is 8.05. The molecule has 4 heteroatoms. The summed E-state index contributed by atoms with van der Waals surface area (Å²) in [5, 5.41) is 0. The summed E-state index contributed by atoms with van der Waals surface area (Å²) in [6.07, 6.45) is 4.72. The van der Waals surface area contributed by atoms with Crippen molar-refractivity contribution in [3.8, 4) is 11.5 Å². The third kappa shape index (κ3) is 4.75. The molecule has 0 unspecified atom stereocenters. The number of quaternary nitrogens is 1. The number of rotatable bonds is 6. The Hall–Kier alpha value is -1.52. The molecule has 1 aromatic rings. The molecule has 2 atom stereocenters. The average molecular weight is 306 g/mol. The first kappa shape index (κ1) is 16.8. The van der Waals surface area contributed by atoms with E-state index in [0.717, 1.165) is 36.7 Å². The fourth-order valence-corrected chi connectivity index (χ4v) is 3.00. The second-order valence-corrected chi connectivity index (χ2v) is 5.92. The van der Waals surface area contributed by atoms with Crippen LogP contribution in [0.1, 0.15) is 26.3 Å². The summed E-state index contributed by atoms with van der Waals surface area (Å²) in [5.41, 5.74) is 1.12. The van der Waals surface area contributed by atoms with Gasteiger partial charge in [-0.05, 0) is 38.5 Å². The predicted molar refractivity (Wildman–Crippen MR) is 88.8 cm³/mol. The minimum atomic E-state index is 0.327. The van der Waals surface area contributed by atoms with E-state index in [2.05, 4.69) is 13.8 Å². The molecular weight excluding hydrogens is 278 g/mol. The predicted octanol–water partition coefficient (Wildman–Crippen LogP) is 1.80. The van der Waals surface area contributed by atoms with Crippen molar-refractivity contribution in [2.24, 2.45) is 0 Å². The van der Waals surface area contributed by atoms with Gasteiger partial charge in [0, 0.05) is 0 Å². The molecule has 1 aliphatic heterocycles. The van der Waals surface area contributed by atoms with E-state index in [-0.39, 0.29) is 0 Å². The molecule has 2 rings (SSSR count). The smallest absolute Gasteiger partial charge is 0.161 e. The Balaban J connectivity index is 1.88. The Morgan fingerprint density at radius 2 is 1.95 bits per heavy atom. The molecular formula is C18H28NO3+. The van der Waals surface area contributed by atoms with Gasteiger partial charge in [0.1, 0.15) is 38.4 Å². The number of ether oxygens (including phenoxy) is 3. The van der Waals surface area contributed by atoms with Crippen LogP contribution in [0, 0.1) is 0 Å². The van der Waals surface area contributed by atoms with E-state index in [0.29, 0.717) is 18.8 Å². The lowest BCUT2D eigenvalue weighted by molar-refractivity contribution is -0.915. The standard InChI is InChI=1S/C18H27NO3/c1-5-6-16-7-8-17(18(11-16)20-4)21-10-9-19-12-14(2)22-15(3)13-19/h5-8,11,14-15H,9-10,12-13H2,1-4H3/p+1/b6-5+/t14-,15-/m0/s1. The molecule has 1 heterocycles. The molecule has 0 saturated carbocycles. The molecule has 0 spiro atoms. The van der Waals surface area contributed by atoms with Crippen LogP contribution in [0.15, 0.2) is 24.3 Å². The highest BCUT2D eigenvalue weighted by Crippen LogP contribution is 2.28. The Morgan fingerprint density at radius 1 is 1.23 bits per heavy atom. The molecule has 1 aromatic carbocycles. The molecule has 122 valence electrons. The molecule has 1 N–H and O–H groups in total. The number of hydrogen-bond acceptors (Lipinski definition) is 3. The van der Waals surface area contributed by atoms with Gasteiger partial charge < -0.3 is 19.1 Å². The van der Waals surface area contributed by atoms with Gasteiger partial charge in [-0.2, -0.15) is 0 Å². The minimum Gasteiger partial charge on any atom is -0.493 e. The molecule has 0 aliphatic carbocycles. The first-order chi connectivity index (χ1) is 10.6. The van der Waals surface area contributed by atoms with Crippen molar-refractivity contribution in [3.05, 3.63) is 29.8 Å². The van der Waals surface area contributed by atoms with Crippen LogP contribution in [0.4, 0.5) is 0 Å². The van der Waals surface area contributed by atoms with Crippen LogP contribution in [-0.2, 0) is 4.74 Å². The van der Waals surface area contributed by atoms with E-state index in [1.165, 1.54) is 4.90 Å². The SMILES string of the molecule is C/C=C/c1ccc(OCC[NH+]2C[C@H](C)O[C@@H](C)C2)c(OC)c1. The molecule has 0 radical (unpaired) electrons. The van der Waals surface area contributed by atoms with Gasteiger partial charge in [0.05, 0.1) is 7.11 Å². The maximum absolute atomic E-state index is 5.92. The molecule has 1 saturated heterocycles. The number of nitrogens with one attached hydrogen (secondary N) is 1. The highest BCUT2D eigenvalue weighted by molar-refractivity contribution is 5.55. The maximum Gasteiger partial charge on any atom is 0.161 e. The maximum atomic E-state index is 5.92. The third-order valence-electron chi connectivity index (χ3n) is 3.88. The van der Waals surface area contributed by atoms with Crippen LogP contribution in [0.2, 0.25) is 0 Å². The lowest BCUT2D eigenvalue weighted by Crippen LogP contribution is -3.16. The van der Waals surface area contributed by atoms with Crippen molar-refractivity contribution in [1.29, 1.82) is 0 Å². The van der Waals surface area contributed by atoms with E-state index >= 15 is 0 Å². The molecule has 0 amide bonds. The third-order valence-corrected chi connectivity index (χ3v) is 3.88. The number of benzene rings is 1. The summed E-state index contributed by atoms with van der Waals surface area (Å²) in [5.74, 6) is 1.60. The van der Waals surface area contributed by atoms with Gasteiger partial charge in [-0.3, -0.25) is 0 Å². The van der Waals surface area contributed by atoms with E-state index in [1.807, 2.05) is 37.3 Å². The van der Waals surface area contributed by atoms with E-state index in [9.17, 15) is 0 Å². The van der Waals surface area contributed by atoms with E-state index in [4.69, 9.17) is 14.2 Å². The van der Waals surface area contributed by atoms with Crippen molar-refractivity contribution >= 4 is 6.08 Å². The van der Waals surface area contributed by atoms with Crippen molar-refractivity contribution in [3.63, 3.8) is 0 Å². The number of hydrogen-bond donors (Lipinski definition) is 1. The van der Waals surface area contributed by atoms with Crippen LogP contribution in [0.3, 0.4) is 0 Å². The molecule has 0 bridgehead atoms.